The number of nitrogens with two attached hydrogens (primary N) is 1. The minimum absolute atomic E-state index is 0.543. The van der Waals surface area contributed by atoms with Gasteiger partial charge in [0.25, 0.3) is 0 Å². The van der Waals surface area contributed by atoms with Crippen LogP contribution in [0.1, 0.15) is 11.3 Å². The van der Waals surface area contributed by atoms with E-state index in [2.05, 4.69) is 21.5 Å². The van der Waals surface area contributed by atoms with Gasteiger partial charge in [0.05, 0.1) is 23.6 Å². The molecule has 0 amide bonds. The van der Waals surface area contributed by atoms with Crippen molar-refractivity contribution in [2.75, 3.05) is 0 Å². The molecular weight excluding hydrogens is 248 g/mol. The van der Waals surface area contributed by atoms with Gasteiger partial charge in [0.1, 0.15) is 0 Å². The highest BCUT2D eigenvalue weighted by molar-refractivity contribution is 6.07. The van der Waals surface area contributed by atoms with Gasteiger partial charge in [-0.15, -0.1) is 0 Å². The van der Waals surface area contributed by atoms with Crippen molar-refractivity contribution < 1.29 is 0 Å². The number of aromatic nitrogens is 2. The van der Waals surface area contributed by atoms with Crippen LogP contribution < -0.4 is 5.73 Å². The Balaban J connectivity index is 2.14. The van der Waals surface area contributed by atoms with E-state index < -0.39 is 0 Å². The van der Waals surface area contributed by atoms with Crippen molar-refractivity contribution >= 4 is 11.4 Å². The fraction of sp³-hybridized carbons (Fsp3) is 0.0625. The van der Waals surface area contributed by atoms with Crippen LogP contribution in [0.2, 0.25) is 0 Å². The molecule has 0 atom stereocenters. The molecule has 2 aromatic rings. The van der Waals surface area contributed by atoms with Crippen molar-refractivity contribution in [3.8, 4) is 0 Å². The number of hydrogen-bond donors (Lipinski definition) is 1. The van der Waals surface area contributed by atoms with Crippen molar-refractivity contribution in [2.45, 2.75) is 6.54 Å². The van der Waals surface area contributed by atoms with E-state index in [0.717, 1.165) is 17.0 Å². The van der Waals surface area contributed by atoms with Crippen molar-refractivity contribution in [3.05, 3.63) is 78.9 Å². The van der Waals surface area contributed by atoms with Gasteiger partial charge in [0.15, 0.2) is 0 Å². The molecule has 2 N–H and O–H groups in total. The summed E-state index contributed by atoms with van der Waals surface area (Å²) in [5.41, 5.74) is 9.05. The fourth-order valence-electron chi connectivity index (χ4n) is 1.61. The Morgan fingerprint density at radius 2 is 2.15 bits per heavy atom. The molecular formula is C16H16N4. The van der Waals surface area contributed by atoms with Gasteiger partial charge >= 0.3 is 0 Å². The van der Waals surface area contributed by atoms with Crippen molar-refractivity contribution in [3.63, 3.8) is 0 Å². The fourth-order valence-corrected chi connectivity index (χ4v) is 1.61. The molecule has 0 aliphatic carbocycles. The van der Waals surface area contributed by atoms with E-state index in [-0.39, 0.29) is 0 Å². The zero-order chi connectivity index (χ0) is 14.2. The third kappa shape index (κ3) is 3.88. The Kier molecular flexibility index (Phi) is 4.78. The Labute approximate surface area is 118 Å². The molecule has 20 heavy (non-hydrogen) atoms. The lowest BCUT2D eigenvalue weighted by Crippen LogP contribution is -2.02. The average molecular weight is 264 g/mol. The number of pyridine rings is 2. The lowest BCUT2D eigenvalue weighted by Gasteiger charge is -2.01. The van der Waals surface area contributed by atoms with Crippen LogP contribution in [0.15, 0.2) is 72.6 Å². The zero-order valence-corrected chi connectivity index (χ0v) is 11.1. The summed E-state index contributed by atoms with van der Waals surface area (Å²) in [6.07, 6.45) is 8.67. The molecule has 4 heteroatoms. The van der Waals surface area contributed by atoms with E-state index in [1.54, 1.807) is 30.7 Å². The standard InChI is InChI=1S/C16H16N4/c1-2-14(20-12-13-6-5-8-18-11-13)10-15(17)16-7-3-4-9-19-16/h2-11H,1,12,17H2. The largest absolute Gasteiger partial charge is 0.397 e. The number of rotatable bonds is 5. The van der Waals surface area contributed by atoms with Gasteiger partial charge < -0.3 is 5.73 Å². The average Bonchev–Trinajstić information content (AvgIpc) is 2.53. The van der Waals surface area contributed by atoms with Crippen molar-refractivity contribution in [1.82, 2.24) is 9.97 Å². The normalized spacial score (nSPS) is 12.2. The highest BCUT2D eigenvalue weighted by Crippen LogP contribution is 2.06. The van der Waals surface area contributed by atoms with E-state index in [1.165, 1.54) is 0 Å². The van der Waals surface area contributed by atoms with Gasteiger partial charge in [-0.1, -0.05) is 18.7 Å². The van der Waals surface area contributed by atoms with Gasteiger partial charge in [0, 0.05) is 18.6 Å². The molecule has 2 aromatic heterocycles. The van der Waals surface area contributed by atoms with E-state index >= 15 is 0 Å². The van der Waals surface area contributed by atoms with Crippen LogP contribution >= 0.6 is 0 Å². The third-order valence-electron chi connectivity index (χ3n) is 2.64. The van der Waals surface area contributed by atoms with E-state index in [1.807, 2.05) is 30.3 Å². The van der Waals surface area contributed by atoms with Gasteiger partial charge in [0.2, 0.25) is 0 Å². The predicted octanol–water partition coefficient (Wildman–Crippen LogP) is 2.60. The second kappa shape index (κ2) is 6.99. The first-order valence-corrected chi connectivity index (χ1v) is 6.24. The monoisotopic (exact) mass is 264 g/mol. The molecule has 100 valence electrons. The Morgan fingerprint density at radius 3 is 2.80 bits per heavy atom. The molecule has 0 spiro atoms. The first kappa shape index (κ1) is 13.7. The molecule has 0 saturated carbocycles. The maximum atomic E-state index is 6.00. The lowest BCUT2D eigenvalue weighted by atomic mass is 10.2. The number of hydrogen-bond acceptors (Lipinski definition) is 4. The summed E-state index contributed by atoms with van der Waals surface area (Å²) in [7, 11) is 0. The van der Waals surface area contributed by atoms with Gasteiger partial charge in [-0.2, -0.15) is 0 Å². The third-order valence-corrected chi connectivity index (χ3v) is 2.64. The van der Waals surface area contributed by atoms with Crippen LogP contribution in [0.25, 0.3) is 5.70 Å². The summed E-state index contributed by atoms with van der Waals surface area (Å²) < 4.78 is 0. The highest BCUT2D eigenvalue weighted by Gasteiger charge is 1.98. The molecule has 0 bridgehead atoms. The summed E-state index contributed by atoms with van der Waals surface area (Å²) in [5.74, 6) is 0. The second-order valence-corrected chi connectivity index (χ2v) is 4.12. The first-order chi connectivity index (χ1) is 9.79. The minimum atomic E-state index is 0.543. The number of allylic oxidation sites excluding steroid dienone is 2. The summed E-state index contributed by atoms with van der Waals surface area (Å²) in [5, 5.41) is 0. The minimum Gasteiger partial charge on any atom is -0.397 e. The smallest absolute Gasteiger partial charge is 0.0859 e. The van der Waals surface area contributed by atoms with E-state index in [9.17, 15) is 0 Å². The summed E-state index contributed by atoms with van der Waals surface area (Å²) in [6, 6.07) is 9.46. The van der Waals surface area contributed by atoms with Crippen LogP contribution in [-0.4, -0.2) is 15.7 Å². The molecule has 2 heterocycles. The van der Waals surface area contributed by atoms with Gasteiger partial charge in [-0.25, -0.2) is 0 Å². The zero-order valence-electron chi connectivity index (χ0n) is 11.1. The molecule has 0 radical (unpaired) electrons. The first-order valence-electron chi connectivity index (χ1n) is 6.24. The SMILES string of the molecule is C=CC(C=C(N)c1ccccn1)=NCc1cccnc1. The number of aliphatic imine (C=N–C) groups is 1. The summed E-state index contributed by atoms with van der Waals surface area (Å²) in [4.78, 5) is 12.7. The topological polar surface area (TPSA) is 64.2 Å². The van der Waals surface area contributed by atoms with E-state index in [0.29, 0.717) is 12.2 Å². The van der Waals surface area contributed by atoms with Gasteiger partial charge in [-0.05, 0) is 35.9 Å². The Morgan fingerprint density at radius 1 is 1.25 bits per heavy atom. The molecule has 0 aliphatic heterocycles. The van der Waals surface area contributed by atoms with Crippen LogP contribution in [-0.2, 0) is 6.54 Å². The molecule has 4 nitrogen and oxygen atoms in total. The molecule has 0 fully saturated rings. The van der Waals surface area contributed by atoms with Crippen LogP contribution in [0, 0.1) is 0 Å². The van der Waals surface area contributed by atoms with Crippen molar-refractivity contribution in [2.24, 2.45) is 10.7 Å². The summed E-state index contributed by atoms with van der Waals surface area (Å²) in [6.45, 7) is 4.30. The molecule has 0 aromatic carbocycles. The maximum Gasteiger partial charge on any atom is 0.0859 e. The predicted molar refractivity (Wildman–Crippen MR) is 82.0 cm³/mol. The summed E-state index contributed by atoms with van der Waals surface area (Å²) >= 11 is 0. The lowest BCUT2D eigenvalue weighted by molar-refractivity contribution is 1.05. The van der Waals surface area contributed by atoms with Crippen molar-refractivity contribution in [1.29, 1.82) is 0 Å². The maximum absolute atomic E-state index is 6.00. The quantitative estimate of drug-likeness (QED) is 0.844. The molecule has 0 saturated heterocycles. The molecule has 0 unspecified atom stereocenters. The number of nitrogens with zero attached hydrogens (tertiary/aromatic N) is 3. The van der Waals surface area contributed by atoms with Gasteiger partial charge in [-0.3, -0.25) is 15.0 Å². The molecule has 0 aliphatic rings. The molecule has 2 rings (SSSR count). The Bertz CT molecular complexity index is 615. The van der Waals surface area contributed by atoms with Crippen LogP contribution in [0.4, 0.5) is 0 Å². The Hall–Kier alpha value is -2.75. The van der Waals surface area contributed by atoms with Crippen LogP contribution in [0.5, 0.6) is 0 Å². The van der Waals surface area contributed by atoms with E-state index in [4.69, 9.17) is 5.73 Å². The van der Waals surface area contributed by atoms with Crippen LogP contribution in [0.3, 0.4) is 0 Å². The highest BCUT2D eigenvalue weighted by atomic mass is 14.8. The second-order valence-electron chi connectivity index (χ2n) is 4.12.